The second-order valence-corrected chi connectivity index (χ2v) is 7.01. The summed E-state index contributed by atoms with van der Waals surface area (Å²) in [6, 6.07) is 7.86. The number of urea groups is 1. The maximum atomic E-state index is 12.0. The third kappa shape index (κ3) is 5.32. The minimum atomic E-state index is -0.193. The highest BCUT2D eigenvalue weighted by Gasteiger charge is 2.14. The molecule has 0 unspecified atom stereocenters. The first-order chi connectivity index (χ1) is 13.2. The number of nitrogens with zero attached hydrogens (tertiary/aromatic N) is 2. The molecule has 0 bridgehead atoms. The van der Waals surface area contributed by atoms with Gasteiger partial charge in [0.15, 0.2) is 0 Å². The van der Waals surface area contributed by atoms with Gasteiger partial charge in [0.25, 0.3) is 0 Å². The predicted octanol–water partition coefficient (Wildman–Crippen LogP) is 4.08. The van der Waals surface area contributed by atoms with Gasteiger partial charge in [0.1, 0.15) is 5.82 Å². The molecule has 1 aliphatic rings. The van der Waals surface area contributed by atoms with E-state index in [1.165, 1.54) is 24.8 Å². The number of fused-ring (bicyclic) bond motifs is 1. The highest BCUT2D eigenvalue weighted by molar-refractivity contribution is 5.93. The second-order valence-electron chi connectivity index (χ2n) is 7.01. The van der Waals surface area contributed by atoms with Crippen molar-refractivity contribution in [2.45, 2.75) is 39.5 Å². The van der Waals surface area contributed by atoms with Crippen LogP contribution in [0.4, 0.5) is 16.3 Å². The number of ether oxygens (including phenoxy) is 1. The Morgan fingerprint density at radius 1 is 1.22 bits per heavy atom. The third-order valence-corrected chi connectivity index (χ3v) is 4.90. The molecule has 2 aromatic rings. The molecule has 27 heavy (non-hydrogen) atoms. The monoisotopic (exact) mass is 370 g/mol. The molecule has 0 radical (unpaired) electrons. The van der Waals surface area contributed by atoms with Crippen LogP contribution in [0.3, 0.4) is 0 Å². The Bertz CT molecular complexity index is 772. The zero-order chi connectivity index (χ0) is 19.1. The Morgan fingerprint density at radius 2 is 2.04 bits per heavy atom. The Morgan fingerprint density at radius 3 is 2.81 bits per heavy atom. The standard InChI is InChI=1S/C21H30N4O2/c1-3-27-13-7-10-22-21(26)23-17-8-9-19-18(15-17)16(2)14-20(24-19)25-11-5-4-6-12-25/h8-9,14-15H,3-7,10-13H2,1-2H3,(H2,22,23,26). The summed E-state index contributed by atoms with van der Waals surface area (Å²) in [5, 5.41) is 6.83. The first-order valence-electron chi connectivity index (χ1n) is 9.96. The van der Waals surface area contributed by atoms with Crippen molar-refractivity contribution < 1.29 is 9.53 Å². The molecule has 1 fully saturated rings. The summed E-state index contributed by atoms with van der Waals surface area (Å²) in [5.74, 6) is 1.06. The fourth-order valence-electron chi connectivity index (χ4n) is 3.44. The van der Waals surface area contributed by atoms with Crippen LogP contribution in [-0.4, -0.2) is 43.9 Å². The first kappa shape index (κ1) is 19.4. The lowest BCUT2D eigenvalue weighted by atomic mass is 10.1. The van der Waals surface area contributed by atoms with Crippen LogP contribution in [0, 0.1) is 6.92 Å². The minimum absolute atomic E-state index is 0.193. The van der Waals surface area contributed by atoms with Gasteiger partial charge in [0, 0.05) is 43.9 Å². The van der Waals surface area contributed by atoms with E-state index >= 15 is 0 Å². The number of pyridine rings is 1. The number of hydrogen-bond acceptors (Lipinski definition) is 4. The number of carbonyl (C=O) groups is 1. The van der Waals surface area contributed by atoms with Gasteiger partial charge in [0.05, 0.1) is 5.52 Å². The average molecular weight is 370 g/mol. The SMILES string of the molecule is CCOCCCNC(=O)Nc1ccc2nc(N3CCCCC3)cc(C)c2c1. The summed E-state index contributed by atoms with van der Waals surface area (Å²) in [7, 11) is 0. The van der Waals surface area contributed by atoms with E-state index in [-0.39, 0.29) is 6.03 Å². The van der Waals surface area contributed by atoms with E-state index in [1.807, 2.05) is 25.1 Å². The summed E-state index contributed by atoms with van der Waals surface area (Å²) in [4.78, 5) is 19.3. The van der Waals surface area contributed by atoms with Gasteiger partial charge in [-0.15, -0.1) is 0 Å². The van der Waals surface area contributed by atoms with Crippen molar-refractivity contribution in [1.29, 1.82) is 0 Å². The smallest absolute Gasteiger partial charge is 0.319 e. The number of piperidine rings is 1. The number of benzene rings is 1. The van der Waals surface area contributed by atoms with Crippen LogP contribution in [0.2, 0.25) is 0 Å². The number of aromatic nitrogens is 1. The summed E-state index contributed by atoms with van der Waals surface area (Å²) in [6.07, 6.45) is 4.59. The van der Waals surface area contributed by atoms with E-state index in [0.717, 1.165) is 41.9 Å². The van der Waals surface area contributed by atoms with Gasteiger partial charge < -0.3 is 20.3 Å². The topological polar surface area (TPSA) is 66.5 Å². The Hall–Kier alpha value is -2.34. The number of aryl methyl sites for hydroxylation is 1. The summed E-state index contributed by atoms with van der Waals surface area (Å²) < 4.78 is 5.27. The van der Waals surface area contributed by atoms with Crippen LogP contribution in [0.5, 0.6) is 0 Å². The lowest BCUT2D eigenvalue weighted by Crippen LogP contribution is -2.30. The zero-order valence-corrected chi connectivity index (χ0v) is 16.4. The first-order valence-corrected chi connectivity index (χ1v) is 9.96. The number of carbonyl (C=O) groups excluding carboxylic acids is 1. The van der Waals surface area contributed by atoms with E-state index in [9.17, 15) is 4.79 Å². The predicted molar refractivity (Wildman–Crippen MR) is 111 cm³/mol. The van der Waals surface area contributed by atoms with Crippen LogP contribution in [0.1, 0.15) is 38.2 Å². The molecule has 0 saturated carbocycles. The molecule has 2 amide bonds. The number of amides is 2. The molecular weight excluding hydrogens is 340 g/mol. The molecule has 0 atom stereocenters. The molecule has 1 aromatic heterocycles. The summed E-state index contributed by atoms with van der Waals surface area (Å²) >= 11 is 0. The highest BCUT2D eigenvalue weighted by Crippen LogP contribution is 2.26. The number of hydrogen-bond donors (Lipinski definition) is 2. The molecular formula is C21H30N4O2. The minimum Gasteiger partial charge on any atom is -0.382 e. The van der Waals surface area contributed by atoms with Gasteiger partial charge in [-0.05, 0) is 69.4 Å². The molecule has 3 rings (SSSR count). The van der Waals surface area contributed by atoms with Crippen LogP contribution in [0.15, 0.2) is 24.3 Å². The van der Waals surface area contributed by atoms with Crippen molar-refractivity contribution in [1.82, 2.24) is 10.3 Å². The molecule has 1 saturated heterocycles. The van der Waals surface area contributed by atoms with E-state index in [2.05, 4.69) is 28.5 Å². The Balaban J connectivity index is 1.64. The van der Waals surface area contributed by atoms with Gasteiger partial charge in [-0.25, -0.2) is 9.78 Å². The zero-order valence-electron chi connectivity index (χ0n) is 16.4. The van der Waals surface area contributed by atoms with Crippen LogP contribution in [-0.2, 0) is 4.74 Å². The van der Waals surface area contributed by atoms with Crippen molar-refractivity contribution >= 4 is 28.4 Å². The number of nitrogens with one attached hydrogen (secondary N) is 2. The van der Waals surface area contributed by atoms with Gasteiger partial charge in [-0.2, -0.15) is 0 Å². The van der Waals surface area contributed by atoms with E-state index < -0.39 is 0 Å². The lowest BCUT2D eigenvalue weighted by Gasteiger charge is -2.28. The fourth-order valence-corrected chi connectivity index (χ4v) is 3.44. The van der Waals surface area contributed by atoms with Gasteiger partial charge >= 0.3 is 6.03 Å². The molecule has 0 aliphatic carbocycles. The number of anilines is 2. The Labute approximate surface area is 161 Å². The van der Waals surface area contributed by atoms with Gasteiger partial charge in [-0.1, -0.05) is 0 Å². The second kappa shape index (κ2) is 9.55. The van der Waals surface area contributed by atoms with Gasteiger partial charge in [0.2, 0.25) is 0 Å². The van der Waals surface area contributed by atoms with E-state index in [1.54, 1.807) is 0 Å². The largest absolute Gasteiger partial charge is 0.382 e. The molecule has 1 aromatic carbocycles. The average Bonchev–Trinajstić information content (AvgIpc) is 2.69. The van der Waals surface area contributed by atoms with Crippen LogP contribution in [0.25, 0.3) is 10.9 Å². The van der Waals surface area contributed by atoms with E-state index in [4.69, 9.17) is 9.72 Å². The highest BCUT2D eigenvalue weighted by atomic mass is 16.5. The fraction of sp³-hybridized carbons (Fsp3) is 0.524. The lowest BCUT2D eigenvalue weighted by molar-refractivity contribution is 0.145. The van der Waals surface area contributed by atoms with Crippen LogP contribution >= 0.6 is 0 Å². The van der Waals surface area contributed by atoms with E-state index in [0.29, 0.717) is 19.8 Å². The maximum Gasteiger partial charge on any atom is 0.319 e. The van der Waals surface area contributed by atoms with Crippen molar-refractivity contribution in [3.05, 3.63) is 29.8 Å². The third-order valence-electron chi connectivity index (χ3n) is 4.90. The molecule has 2 heterocycles. The molecule has 146 valence electrons. The number of rotatable bonds is 7. The normalized spacial score (nSPS) is 14.4. The summed E-state index contributed by atoms with van der Waals surface area (Å²) in [6.45, 7) is 8.20. The van der Waals surface area contributed by atoms with Gasteiger partial charge in [-0.3, -0.25) is 0 Å². The molecule has 6 nitrogen and oxygen atoms in total. The maximum absolute atomic E-state index is 12.0. The van der Waals surface area contributed by atoms with Crippen molar-refractivity contribution in [3.8, 4) is 0 Å². The van der Waals surface area contributed by atoms with Crippen molar-refractivity contribution in [2.75, 3.05) is 43.1 Å². The van der Waals surface area contributed by atoms with Crippen molar-refractivity contribution in [2.24, 2.45) is 0 Å². The molecule has 2 N–H and O–H groups in total. The Kier molecular flexibility index (Phi) is 6.87. The molecule has 0 spiro atoms. The van der Waals surface area contributed by atoms with Crippen molar-refractivity contribution in [3.63, 3.8) is 0 Å². The van der Waals surface area contributed by atoms with Crippen LogP contribution < -0.4 is 15.5 Å². The quantitative estimate of drug-likeness (QED) is 0.721. The summed E-state index contributed by atoms with van der Waals surface area (Å²) in [5.41, 5.74) is 2.93. The molecule has 6 heteroatoms. The molecule has 1 aliphatic heterocycles.